The molecule has 4 aromatic rings. The Kier molecular flexibility index (Phi) is 6.13. The second-order valence-corrected chi connectivity index (χ2v) is 9.28. The van der Waals surface area contributed by atoms with Crippen LogP contribution in [0.25, 0.3) is 10.6 Å². The second kappa shape index (κ2) is 8.95. The van der Waals surface area contributed by atoms with Crippen LogP contribution in [0.5, 0.6) is 0 Å². The van der Waals surface area contributed by atoms with E-state index in [4.69, 9.17) is 4.98 Å². The van der Waals surface area contributed by atoms with E-state index in [-0.39, 0.29) is 5.12 Å². The number of hydrogen-bond acceptors (Lipinski definition) is 5. The molecule has 6 heteroatoms. The molecule has 0 aliphatic heterocycles. The van der Waals surface area contributed by atoms with Gasteiger partial charge < -0.3 is 5.32 Å². The molecule has 0 radical (unpaired) electrons. The fourth-order valence-electron chi connectivity index (χ4n) is 2.66. The van der Waals surface area contributed by atoms with Crippen LogP contribution < -0.4 is 5.32 Å². The SMILES string of the molecule is Cc1ccc(-c2nc(SC(=O)c3ccccc3)c(Nc3ccc(Br)cc3)s2)cc1. The minimum absolute atomic E-state index is 0.0230. The van der Waals surface area contributed by atoms with Crippen LogP contribution in [0.2, 0.25) is 0 Å². The Balaban J connectivity index is 1.67. The maximum absolute atomic E-state index is 12.7. The number of thiazole rings is 1. The van der Waals surface area contributed by atoms with Gasteiger partial charge in [-0.2, -0.15) is 0 Å². The van der Waals surface area contributed by atoms with Crippen molar-refractivity contribution < 1.29 is 4.79 Å². The summed E-state index contributed by atoms with van der Waals surface area (Å²) in [4.78, 5) is 17.5. The van der Waals surface area contributed by atoms with Crippen LogP contribution in [0.1, 0.15) is 15.9 Å². The maximum atomic E-state index is 12.7. The predicted octanol–water partition coefficient (Wildman–Crippen LogP) is 7.56. The third-order valence-corrected chi connectivity index (χ3v) is 6.78. The lowest BCUT2D eigenvalue weighted by molar-refractivity contribution is 0.108. The van der Waals surface area contributed by atoms with E-state index in [0.717, 1.165) is 37.5 Å². The smallest absolute Gasteiger partial charge is 0.225 e. The quantitative estimate of drug-likeness (QED) is 0.299. The van der Waals surface area contributed by atoms with Crippen LogP contribution in [0.3, 0.4) is 0 Å². The second-order valence-electron chi connectivity index (χ2n) is 6.41. The Labute approximate surface area is 186 Å². The molecular formula is C23H17BrN2OS2. The summed E-state index contributed by atoms with van der Waals surface area (Å²) in [5.41, 5.74) is 3.85. The molecule has 4 rings (SSSR count). The Morgan fingerprint density at radius 1 is 0.966 bits per heavy atom. The molecule has 29 heavy (non-hydrogen) atoms. The van der Waals surface area contributed by atoms with Crippen molar-refractivity contribution in [2.24, 2.45) is 0 Å². The molecule has 1 aromatic heterocycles. The highest BCUT2D eigenvalue weighted by Crippen LogP contribution is 2.40. The fraction of sp³-hybridized carbons (Fsp3) is 0.0435. The zero-order valence-electron chi connectivity index (χ0n) is 15.6. The summed E-state index contributed by atoms with van der Waals surface area (Å²) >= 11 is 6.16. The van der Waals surface area contributed by atoms with E-state index in [1.165, 1.54) is 5.56 Å². The van der Waals surface area contributed by atoms with Gasteiger partial charge in [-0.1, -0.05) is 87.4 Å². The van der Waals surface area contributed by atoms with Gasteiger partial charge in [0, 0.05) is 21.3 Å². The van der Waals surface area contributed by atoms with E-state index in [9.17, 15) is 4.79 Å². The number of carbonyl (C=O) groups excluding carboxylic acids is 1. The molecular weight excluding hydrogens is 464 g/mol. The third kappa shape index (κ3) is 4.96. The summed E-state index contributed by atoms with van der Waals surface area (Å²) in [6.07, 6.45) is 0. The molecule has 144 valence electrons. The molecule has 0 fully saturated rings. The zero-order chi connectivity index (χ0) is 20.2. The third-order valence-electron chi connectivity index (χ3n) is 4.20. The van der Waals surface area contributed by atoms with E-state index in [2.05, 4.69) is 52.4 Å². The summed E-state index contributed by atoms with van der Waals surface area (Å²) in [6.45, 7) is 2.06. The Morgan fingerprint density at radius 3 is 2.34 bits per heavy atom. The molecule has 0 spiro atoms. The molecule has 0 saturated heterocycles. The van der Waals surface area contributed by atoms with Crippen LogP contribution >= 0.6 is 39.0 Å². The van der Waals surface area contributed by atoms with Gasteiger partial charge >= 0.3 is 0 Å². The highest BCUT2D eigenvalue weighted by molar-refractivity contribution is 9.10. The van der Waals surface area contributed by atoms with E-state index < -0.39 is 0 Å². The first-order valence-electron chi connectivity index (χ1n) is 8.96. The lowest BCUT2D eigenvalue weighted by atomic mass is 10.2. The van der Waals surface area contributed by atoms with E-state index in [0.29, 0.717) is 10.6 Å². The number of anilines is 2. The molecule has 0 bridgehead atoms. The summed E-state index contributed by atoms with van der Waals surface area (Å²) in [6, 6.07) is 25.5. The van der Waals surface area contributed by atoms with Gasteiger partial charge in [0.2, 0.25) is 5.12 Å². The van der Waals surface area contributed by atoms with Gasteiger partial charge in [0.1, 0.15) is 15.0 Å². The summed E-state index contributed by atoms with van der Waals surface area (Å²) in [5.74, 6) is 0. The first-order chi connectivity index (χ1) is 14.1. The van der Waals surface area contributed by atoms with Crippen molar-refractivity contribution in [2.45, 2.75) is 11.9 Å². The lowest BCUT2D eigenvalue weighted by Gasteiger charge is -2.06. The Morgan fingerprint density at radius 2 is 1.66 bits per heavy atom. The number of benzene rings is 3. The van der Waals surface area contributed by atoms with Gasteiger partial charge in [-0.3, -0.25) is 4.79 Å². The van der Waals surface area contributed by atoms with E-state index in [1.54, 1.807) is 11.3 Å². The van der Waals surface area contributed by atoms with Crippen LogP contribution in [0.15, 0.2) is 88.4 Å². The van der Waals surface area contributed by atoms with Crippen LogP contribution in [0.4, 0.5) is 10.7 Å². The summed E-state index contributed by atoms with van der Waals surface area (Å²) < 4.78 is 1.02. The zero-order valence-corrected chi connectivity index (χ0v) is 18.8. The molecule has 0 amide bonds. The number of aromatic nitrogens is 1. The number of halogens is 1. The predicted molar refractivity (Wildman–Crippen MR) is 126 cm³/mol. The standard InChI is InChI=1S/C23H17BrN2OS2/c1-15-7-9-16(10-8-15)20-26-22(29-23(27)17-5-3-2-4-6-17)21(28-20)25-19-13-11-18(24)12-14-19/h2-14,25H,1H3. The maximum Gasteiger partial charge on any atom is 0.225 e. The molecule has 0 atom stereocenters. The summed E-state index contributed by atoms with van der Waals surface area (Å²) in [5, 5.41) is 5.82. The molecule has 0 aliphatic rings. The number of nitrogens with one attached hydrogen (secondary N) is 1. The van der Waals surface area contributed by atoms with Gasteiger partial charge in [-0.25, -0.2) is 4.98 Å². The summed E-state index contributed by atoms with van der Waals surface area (Å²) in [7, 11) is 0. The van der Waals surface area contributed by atoms with Gasteiger partial charge in [0.25, 0.3) is 0 Å². The fourth-order valence-corrected chi connectivity index (χ4v) is 4.83. The highest BCUT2D eigenvalue weighted by Gasteiger charge is 2.18. The molecule has 0 saturated carbocycles. The number of carbonyl (C=O) groups is 1. The van der Waals surface area contributed by atoms with Crippen LogP contribution in [-0.2, 0) is 0 Å². The van der Waals surface area contributed by atoms with E-state index in [1.807, 2.05) is 54.6 Å². The molecule has 1 heterocycles. The molecule has 0 aliphatic carbocycles. The number of rotatable bonds is 5. The largest absolute Gasteiger partial charge is 0.345 e. The van der Waals surface area contributed by atoms with Crippen LogP contribution in [-0.4, -0.2) is 10.1 Å². The van der Waals surface area contributed by atoms with Crippen molar-refractivity contribution in [1.82, 2.24) is 4.98 Å². The van der Waals surface area contributed by atoms with Crippen molar-refractivity contribution >= 4 is 54.8 Å². The number of thioether (sulfide) groups is 1. The van der Waals surface area contributed by atoms with Crippen molar-refractivity contribution in [3.05, 3.63) is 94.5 Å². The Bertz CT molecular complexity index is 1120. The molecule has 1 N–H and O–H groups in total. The minimum Gasteiger partial charge on any atom is -0.345 e. The number of nitrogens with zero attached hydrogens (tertiary/aromatic N) is 1. The topological polar surface area (TPSA) is 42.0 Å². The van der Waals surface area contributed by atoms with Crippen LogP contribution in [0, 0.1) is 6.92 Å². The van der Waals surface area contributed by atoms with Gasteiger partial charge in [-0.15, -0.1) is 0 Å². The Hall–Kier alpha value is -2.41. The monoisotopic (exact) mass is 480 g/mol. The molecule has 3 aromatic carbocycles. The number of aryl methyl sites for hydroxylation is 1. The van der Waals surface area contributed by atoms with Crippen molar-refractivity contribution in [2.75, 3.05) is 5.32 Å². The van der Waals surface area contributed by atoms with Crippen molar-refractivity contribution in [1.29, 1.82) is 0 Å². The molecule has 0 unspecified atom stereocenters. The van der Waals surface area contributed by atoms with Crippen molar-refractivity contribution in [3.8, 4) is 10.6 Å². The first-order valence-corrected chi connectivity index (χ1v) is 11.4. The first kappa shape index (κ1) is 19.9. The van der Waals surface area contributed by atoms with Gasteiger partial charge in [0.15, 0.2) is 0 Å². The van der Waals surface area contributed by atoms with Gasteiger partial charge in [0.05, 0.1) is 0 Å². The van der Waals surface area contributed by atoms with E-state index >= 15 is 0 Å². The average Bonchev–Trinajstić information content (AvgIpc) is 3.13. The van der Waals surface area contributed by atoms with Crippen molar-refractivity contribution in [3.63, 3.8) is 0 Å². The normalized spacial score (nSPS) is 10.7. The highest BCUT2D eigenvalue weighted by atomic mass is 79.9. The average molecular weight is 481 g/mol. The number of hydrogen-bond donors (Lipinski definition) is 1. The minimum atomic E-state index is -0.0230. The van der Waals surface area contributed by atoms with Gasteiger partial charge in [-0.05, 0) is 43.0 Å². The molecule has 3 nitrogen and oxygen atoms in total. The lowest BCUT2D eigenvalue weighted by Crippen LogP contribution is -1.95.